The third-order valence-electron chi connectivity index (χ3n) is 6.42. The number of nitrogens with zero attached hydrogens (tertiary/aromatic N) is 3. The minimum Gasteiger partial charge on any atom is -0.460 e. The van der Waals surface area contributed by atoms with Crippen LogP contribution in [0.15, 0.2) is 60.7 Å². The molecule has 2 aromatic carbocycles. The van der Waals surface area contributed by atoms with Crippen molar-refractivity contribution < 1.29 is 33.3 Å². The van der Waals surface area contributed by atoms with Crippen LogP contribution in [0, 0.1) is 6.92 Å². The van der Waals surface area contributed by atoms with E-state index in [2.05, 4.69) is 20.6 Å². The van der Waals surface area contributed by atoms with Crippen LogP contribution in [0.25, 0.3) is 0 Å². The maximum atomic E-state index is 12.4. The lowest BCUT2D eigenvalue weighted by Gasteiger charge is -2.19. The lowest BCUT2D eigenvalue weighted by molar-refractivity contribution is -0.156. The van der Waals surface area contributed by atoms with Crippen LogP contribution in [-0.4, -0.2) is 93.9 Å². The summed E-state index contributed by atoms with van der Waals surface area (Å²) in [7, 11) is 1.96. The van der Waals surface area contributed by atoms with E-state index in [0.717, 1.165) is 28.5 Å². The maximum absolute atomic E-state index is 12.4. The molecule has 256 valence electrons. The number of ether oxygens (including phenoxy) is 5. The van der Waals surface area contributed by atoms with E-state index in [1.807, 2.05) is 100 Å². The first kappa shape index (κ1) is 37.4. The molecular weight excluding hydrogens is 602 g/mol. The fourth-order valence-electron chi connectivity index (χ4n) is 4.18. The fraction of sp³-hybridized carbons (Fsp3) is 0.486. The van der Waals surface area contributed by atoms with Crippen LogP contribution in [-0.2, 0) is 39.7 Å². The lowest BCUT2D eigenvalue weighted by atomic mass is 10.1. The monoisotopic (exact) mass is 651 g/mol. The van der Waals surface area contributed by atoms with Gasteiger partial charge in [0.15, 0.2) is 0 Å². The number of hydrogen-bond donors (Lipinski definition) is 2. The Bertz CT molecular complexity index is 1350. The molecule has 2 N–H and O–H groups in total. The molecule has 0 bridgehead atoms. The van der Waals surface area contributed by atoms with E-state index in [1.54, 1.807) is 0 Å². The van der Waals surface area contributed by atoms with Crippen molar-refractivity contribution in [2.45, 2.75) is 46.1 Å². The molecule has 47 heavy (non-hydrogen) atoms. The van der Waals surface area contributed by atoms with Crippen molar-refractivity contribution in [2.75, 3.05) is 82.0 Å². The van der Waals surface area contributed by atoms with Crippen molar-refractivity contribution >= 4 is 35.0 Å². The topological polar surface area (TPSA) is 133 Å². The number of benzene rings is 2. The smallest absolute Gasteiger partial charge is 0.308 e. The van der Waals surface area contributed by atoms with Crippen molar-refractivity contribution in [3.05, 3.63) is 71.9 Å². The largest absolute Gasteiger partial charge is 0.460 e. The molecule has 3 rings (SSSR count). The number of amides is 1. The zero-order valence-corrected chi connectivity index (χ0v) is 28.3. The van der Waals surface area contributed by atoms with Crippen LogP contribution in [0.1, 0.15) is 38.4 Å². The molecule has 1 heterocycles. The van der Waals surface area contributed by atoms with Crippen molar-refractivity contribution in [3.63, 3.8) is 0 Å². The summed E-state index contributed by atoms with van der Waals surface area (Å²) < 4.78 is 27.4. The van der Waals surface area contributed by atoms with E-state index in [0.29, 0.717) is 71.8 Å². The number of aromatic nitrogens is 2. The number of esters is 1. The van der Waals surface area contributed by atoms with Gasteiger partial charge in [-0.25, -0.2) is 4.98 Å². The Balaban J connectivity index is 1.25. The van der Waals surface area contributed by atoms with Gasteiger partial charge in [0.1, 0.15) is 11.4 Å². The van der Waals surface area contributed by atoms with E-state index >= 15 is 0 Å². The van der Waals surface area contributed by atoms with Crippen molar-refractivity contribution in [1.82, 2.24) is 9.97 Å². The van der Waals surface area contributed by atoms with E-state index in [1.165, 1.54) is 0 Å². The molecule has 3 aromatic rings. The van der Waals surface area contributed by atoms with E-state index in [4.69, 9.17) is 23.7 Å². The number of carbonyl (C=O) groups excluding carboxylic acids is 2. The summed E-state index contributed by atoms with van der Waals surface area (Å²) in [5, 5.41) is 6.17. The average molecular weight is 652 g/mol. The summed E-state index contributed by atoms with van der Waals surface area (Å²) in [5.41, 5.74) is 2.84. The molecule has 12 nitrogen and oxygen atoms in total. The Morgan fingerprint density at radius 3 is 1.96 bits per heavy atom. The second kappa shape index (κ2) is 20.2. The molecule has 0 atom stereocenters. The zero-order valence-electron chi connectivity index (χ0n) is 28.3. The molecule has 0 unspecified atom stereocenters. The normalized spacial score (nSPS) is 11.3. The van der Waals surface area contributed by atoms with Crippen LogP contribution < -0.4 is 15.5 Å². The zero-order chi connectivity index (χ0) is 33.9. The van der Waals surface area contributed by atoms with Gasteiger partial charge >= 0.3 is 5.97 Å². The van der Waals surface area contributed by atoms with Crippen LogP contribution in [0.2, 0.25) is 0 Å². The van der Waals surface area contributed by atoms with E-state index in [9.17, 15) is 9.59 Å². The van der Waals surface area contributed by atoms with Crippen LogP contribution >= 0.6 is 0 Å². The van der Waals surface area contributed by atoms with Gasteiger partial charge < -0.3 is 39.2 Å². The summed E-state index contributed by atoms with van der Waals surface area (Å²) in [6, 6.07) is 19.0. The molecule has 1 aromatic heterocycles. The molecular formula is C35H49N5O7. The first-order chi connectivity index (χ1) is 22.6. The second-order valence-corrected chi connectivity index (χ2v) is 11.8. The Morgan fingerprint density at radius 2 is 1.34 bits per heavy atom. The summed E-state index contributed by atoms with van der Waals surface area (Å²) in [6.07, 6.45) is 0.546. The number of rotatable bonds is 21. The van der Waals surface area contributed by atoms with Crippen LogP contribution in [0.5, 0.6) is 0 Å². The highest BCUT2D eigenvalue weighted by Crippen LogP contribution is 2.20. The van der Waals surface area contributed by atoms with E-state index in [-0.39, 0.29) is 18.3 Å². The SMILES string of the molecule is Cc1cc(N(C)CCOCCOCCOCCOCCC(=O)OC(C)(C)C)nc(Nc2ccc(NC(=O)Cc3ccccc3)cc2)n1. The van der Waals surface area contributed by atoms with Gasteiger partial charge in [0.2, 0.25) is 11.9 Å². The summed E-state index contributed by atoms with van der Waals surface area (Å²) in [4.78, 5) is 35.2. The first-order valence-corrected chi connectivity index (χ1v) is 15.9. The van der Waals surface area contributed by atoms with Gasteiger partial charge in [-0.1, -0.05) is 30.3 Å². The molecule has 0 spiro atoms. The summed E-state index contributed by atoms with van der Waals surface area (Å²) >= 11 is 0. The van der Waals surface area contributed by atoms with Gasteiger partial charge in [-0.05, 0) is 57.5 Å². The van der Waals surface area contributed by atoms with E-state index < -0.39 is 5.60 Å². The lowest BCUT2D eigenvalue weighted by Crippen LogP contribution is -2.25. The maximum Gasteiger partial charge on any atom is 0.308 e. The van der Waals surface area contributed by atoms with Crippen LogP contribution in [0.4, 0.5) is 23.1 Å². The van der Waals surface area contributed by atoms with Crippen LogP contribution in [0.3, 0.4) is 0 Å². The standard InChI is InChI=1S/C35H49N5O7/c1-27-25-31(39-34(36-27)38-30-13-11-29(12-14-30)37-32(41)26-28-9-7-6-8-10-28)40(5)16-18-44-20-22-46-24-23-45-21-19-43-17-15-33(42)47-35(2,3)4/h6-14,25H,15-24,26H2,1-5H3,(H,37,41)(H,36,38,39). The fourth-order valence-corrected chi connectivity index (χ4v) is 4.18. The highest BCUT2D eigenvalue weighted by atomic mass is 16.6. The number of nitrogens with one attached hydrogen (secondary N) is 2. The third-order valence-corrected chi connectivity index (χ3v) is 6.42. The predicted molar refractivity (Wildman–Crippen MR) is 182 cm³/mol. The molecule has 0 saturated heterocycles. The average Bonchev–Trinajstić information content (AvgIpc) is 3.01. The Hall–Kier alpha value is -4.10. The minimum absolute atomic E-state index is 0.0682. The minimum atomic E-state index is -0.482. The Kier molecular flexibility index (Phi) is 16.1. The molecule has 1 amide bonds. The van der Waals surface area contributed by atoms with Crippen molar-refractivity contribution in [1.29, 1.82) is 0 Å². The van der Waals surface area contributed by atoms with Gasteiger partial charge in [-0.2, -0.15) is 4.98 Å². The quantitative estimate of drug-likeness (QED) is 0.120. The molecule has 0 radical (unpaired) electrons. The Morgan fingerprint density at radius 1 is 0.766 bits per heavy atom. The van der Waals surface area contributed by atoms with Gasteiger partial charge in [0.05, 0.1) is 65.7 Å². The predicted octanol–water partition coefficient (Wildman–Crippen LogP) is 4.94. The second-order valence-electron chi connectivity index (χ2n) is 11.8. The number of hydrogen-bond acceptors (Lipinski definition) is 11. The van der Waals surface area contributed by atoms with Crippen molar-refractivity contribution in [3.8, 4) is 0 Å². The number of aryl methyl sites for hydroxylation is 1. The van der Waals surface area contributed by atoms with Gasteiger partial charge in [-0.15, -0.1) is 0 Å². The molecule has 0 aliphatic rings. The number of carbonyl (C=O) groups is 2. The number of likely N-dealkylation sites (N-methyl/N-ethyl adjacent to an activating group) is 1. The van der Waals surface area contributed by atoms with Crippen molar-refractivity contribution in [2.24, 2.45) is 0 Å². The number of anilines is 4. The summed E-state index contributed by atoms with van der Waals surface area (Å²) in [5.74, 6) is 0.920. The first-order valence-electron chi connectivity index (χ1n) is 15.9. The highest BCUT2D eigenvalue weighted by molar-refractivity contribution is 5.92. The molecule has 0 aliphatic carbocycles. The molecule has 0 fully saturated rings. The van der Waals surface area contributed by atoms with Gasteiger partial charge in [0, 0.05) is 36.7 Å². The summed E-state index contributed by atoms with van der Waals surface area (Å²) in [6.45, 7) is 11.6. The van der Waals surface area contributed by atoms with Gasteiger partial charge in [-0.3, -0.25) is 9.59 Å². The Labute approximate surface area is 278 Å². The molecule has 12 heteroatoms. The third kappa shape index (κ3) is 16.3. The highest BCUT2D eigenvalue weighted by Gasteiger charge is 2.15. The molecule has 0 aliphatic heterocycles. The molecule has 0 saturated carbocycles. The van der Waals surface area contributed by atoms with Gasteiger partial charge in [0.25, 0.3) is 0 Å².